The molecule has 3 aromatic rings. The van der Waals surface area contributed by atoms with E-state index in [1.807, 2.05) is 63.2 Å². The summed E-state index contributed by atoms with van der Waals surface area (Å²) in [5.74, 6) is 2.43. The van der Waals surface area contributed by atoms with Crippen LogP contribution in [0.1, 0.15) is 77.0 Å². The van der Waals surface area contributed by atoms with Crippen LogP contribution < -0.4 is 4.74 Å². The van der Waals surface area contributed by atoms with Crippen LogP contribution in [0.5, 0.6) is 17.2 Å². The first kappa shape index (κ1) is 43.7. The smallest absolute Gasteiger partial charge is 0.379 e. The first-order valence-corrected chi connectivity index (χ1v) is 13.7. The minimum atomic E-state index is -3.67. The summed E-state index contributed by atoms with van der Waals surface area (Å²) in [7, 11) is 3.25. The molecule has 0 bridgehead atoms. The lowest BCUT2D eigenvalue weighted by Crippen LogP contribution is -2.04. The summed E-state index contributed by atoms with van der Waals surface area (Å²) in [5.41, 5.74) is 4.81. The molecule has 43 heavy (non-hydrogen) atoms. The fraction of sp³-hybridized carbons (Fsp3) is 0.400. The summed E-state index contributed by atoms with van der Waals surface area (Å²) in [6.45, 7) is 16.0. The Morgan fingerprint density at radius 2 is 1.09 bits per heavy atom. The largest absolute Gasteiger partial charge is 0.508 e. The summed E-state index contributed by atoms with van der Waals surface area (Å²) < 4.78 is 38.5. The molecular formula is C35H51F3O5. The Kier molecular flexibility index (Phi) is 27.5. The molecule has 2 N–H and O–H groups in total. The van der Waals surface area contributed by atoms with Crippen molar-refractivity contribution in [1.82, 2.24) is 0 Å². The van der Waals surface area contributed by atoms with Gasteiger partial charge in [0.05, 0.1) is 6.61 Å². The number of alkyl halides is 3. The topological polar surface area (TPSA) is 76.0 Å². The number of aromatic hydroxyl groups is 2. The van der Waals surface area contributed by atoms with E-state index in [0.29, 0.717) is 23.3 Å². The SMILES string of the molecule is C=C(C)C.CC(C)=O.CC(c1ccc(O)cc1)C(C)c1ccc(O)cc1.CCOc1cccc(C)c1.COC.FC(F)F. The zero-order valence-electron chi connectivity index (χ0n) is 27.3. The van der Waals surface area contributed by atoms with Gasteiger partial charge in [-0.15, -0.1) is 6.58 Å². The van der Waals surface area contributed by atoms with Crippen molar-refractivity contribution in [2.24, 2.45) is 0 Å². The van der Waals surface area contributed by atoms with Gasteiger partial charge in [-0.3, -0.25) is 0 Å². The fourth-order valence-electron chi connectivity index (χ4n) is 3.00. The summed E-state index contributed by atoms with van der Waals surface area (Å²) in [6.07, 6.45) is 0. The van der Waals surface area contributed by atoms with Crippen LogP contribution in [0.4, 0.5) is 13.2 Å². The van der Waals surface area contributed by atoms with E-state index < -0.39 is 6.68 Å². The summed E-state index contributed by atoms with van der Waals surface area (Å²) in [6, 6.07) is 22.7. The van der Waals surface area contributed by atoms with Crippen molar-refractivity contribution in [1.29, 1.82) is 0 Å². The molecule has 3 aromatic carbocycles. The second-order valence-corrected chi connectivity index (χ2v) is 9.78. The van der Waals surface area contributed by atoms with Crippen LogP contribution in [-0.2, 0) is 9.53 Å². The minimum absolute atomic E-state index is 0.167. The molecule has 0 saturated heterocycles. The number of ether oxygens (including phenoxy) is 2. The van der Waals surface area contributed by atoms with Gasteiger partial charge < -0.3 is 24.5 Å². The fourth-order valence-corrected chi connectivity index (χ4v) is 3.00. The maximum Gasteiger partial charge on any atom is 0.379 e. The molecule has 2 unspecified atom stereocenters. The third-order valence-corrected chi connectivity index (χ3v) is 4.89. The van der Waals surface area contributed by atoms with Gasteiger partial charge in [-0.25, -0.2) is 0 Å². The lowest BCUT2D eigenvalue weighted by Gasteiger charge is -2.21. The number of carbonyl (C=O) groups excluding carboxylic acids is 1. The summed E-state index contributed by atoms with van der Waals surface area (Å²) in [4.78, 5) is 9.44. The van der Waals surface area contributed by atoms with Crippen LogP contribution in [0.2, 0.25) is 0 Å². The average Bonchev–Trinajstić information content (AvgIpc) is 2.89. The molecule has 3 rings (SSSR count). The zero-order chi connectivity index (χ0) is 34.0. The van der Waals surface area contributed by atoms with Crippen molar-refractivity contribution >= 4 is 5.78 Å². The molecule has 0 aliphatic rings. The standard InChI is InChI=1S/C16H18O2.C9H12O.C4H8.C3H6O.C2H6O.CHF3/c1-11(13-3-7-15(17)8-4-13)12(2)14-5-9-16(18)10-6-14;1-3-10-9-6-4-5-8(2)7-9;1-4(2)3;1-3(2)4;1-3-2;2-1(3)4/h3-12,17-18H,1-2H3;4-7H,3H2,1-2H3;1H2,2-3H3;1-2H3;1-2H3;1H. The average molecular weight is 609 g/mol. The lowest BCUT2D eigenvalue weighted by molar-refractivity contribution is -0.115. The zero-order valence-corrected chi connectivity index (χ0v) is 27.3. The highest BCUT2D eigenvalue weighted by Crippen LogP contribution is 2.33. The van der Waals surface area contributed by atoms with Crippen LogP contribution in [0.3, 0.4) is 0 Å². The molecule has 2 atom stereocenters. The Morgan fingerprint density at radius 1 is 0.791 bits per heavy atom. The van der Waals surface area contributed by atoms with Crippen LogP contribution in [0.15, 0.2) is 84.9 Å². The van der Waals surface area contributed by atoms with Crippen LogP contribution in [-0.4, -0.2) is 43.5 Å². The van der Waals surface area contributed by atoms with Crippen molar-refractivity contribution < 1.29 is 37.7 Å². The molecular weight excluding hydrogens is 557 g/mol. The van der Waals surface area contributed by atoms with Crippen molar-refractivity contribution in [3.8, 4) is 17.2 Å². The Bertz CT molecular complexity index is 1030. The van der Waals surface area contributed by atoms with E-state index >= 15 is 0 Å². The number of phenolic OH excluding ortho intramolecular Hbond substituents is 2. The molecule has 8 heteroatoms. The molecule has 0 aliphatic carbocycles. The van der Waals surface area contributed by atoms with Crippen LogP contribution in [0, 0.1) is 6.92 Å². The number of halogens is 3. The number of hydrogen-bond donors (Lipinski definition) is 2. The highest BCUT2D eigenvalue weighted by molar-refractivity contribution is 5.72. The van der Waals surface area contributed by atoms with E-state index in [9.17, 15) is 28.2 Å². The minimum Gasteiger partial charge on any atom is -0.508 e. The van der Waals surface area contributed by atoms with Gasteiger partial charge in [0.25, 0.3) is 0 Å². The Morgan fingerprint density at radius 3 is 1.35 bits per heavy atom. The molecule has 0 spiro atoms. The quantitative estimate of drug-likeness (QED) is 0.282. The number of ketones is 1. The monoisotopic (exact) mass is 608 g/mol. The molecule has 5 nitrogen and oxygen atoms in total. The van der Waals surface area contributed by atoms with Crippen molar-refractivity contribution in [3.05, 3.63) is 102 Å². The van der Waals surface area contributed by atoms with E-state index in [2.05, 4.69) is 38.2 Å². The first-order valence-electron chi connectivity index (χ1n) is 13.7. The van der Waals surface area contributed by atoms with Gasteiger partial charge in [0.2, 0.25) is 0 Å². The normalized spacial score (nSPS) is 10.6. The molecule has 242 valence electrons. The van der Waals surface area contributed by atoms with E-state index in [0.717, 1.165) is 12.4 Å². The third-order valence-electron chi connectivity index (χ3n) is 4.89. The van der Waals surface area contributed by atoms with Gasteiger partial charge in [-0.2, -0.15) is 13.2 Å². The van der Waals surface area contributed by atoms with E-state index in [4.69, 9.17) is 4.74 Å². The highest BCUT2D eigenvalue weighted by atomic mass is 19.4. The summed E-state index contributed by atoms with van der Waals surface area (Å²) in [5, 5.41) is 18.6. The second-order valence-electron chi connectivity index (χ2n) is 9.78. The number of carbonyl (C=O) groups is 1. The van der Waals surface area contributed by atoms with Gasteiger partial charge in [0.15, 0.2) is 0 Å². The summed E-state index contributed by atoms with van der Waals surface area (Å²) >= 11 is 0. The molecule has 0 fully saturated rings. The van der Waals surface area contributed by atoms with Gasteiger partial charge >= 0.3 is 6.68 Å². The number of hydrogen-bond acceptors (Lipinski definition) is 5. The van der Waals surface area contributed by atoms with Crippen LogP contribution in [0.25, 0.3) is 0 Å². The molecule has 0 saturated carbocycles. The van der Waals surface area contributed by atoms with Crippen molar-refractivity contribution in [2.75, 3.05) is 20.8 Å². The van der Waals surface area contributed by atoms with Crippen LogP contribution >= 0.6 is 0 Å². The maximum absolute atomic E-state index is 9.67. The highest BCUT2D eigenvalue weighted by Gasteiger charge is 2.16. The van der Waals surface area contributed by atoms with E-state index in [-0.39, 0.29) is 5.78 Å². The van der Waals surface area contributed by atoms with Gasteiger partial charge in [0.1, 0.15) is 23.0 Å². The number of phenols is 2. The van der Waals surface area contributed by atoms with Crippen molar-refractivity contribution in [3.63, 3.8) is 0 Å². The number of rotatable bonds is 5. The number of aryl methyl sites for hydroxylation is 1. The van der Waals surface area contributed by atoms with Gasteiger partial charge in [-0.1, -0.05) is 55.8 Å². The molecule has 0 aromatic heterocycles. The van der Waals surface area contributed by atoms with Gasteiger partial charge in [0, 0.05) is 14.2 Å². The predicted octanol–water partition coefficient (Wildman–Crippen LogP) is 10.0. The predicted molar refractivity (Wildman–Crippen MR) is 172 cm³/mol. The number of Topliss-reactive ketones (excluding diaryl/α,β-unsaturated/α-hetero) is 1. The van der Waals surface area contributed by atoms with Crippen molar-refractivity contribution in [2.45, 2.75) is 73.9 Å². The molecule has 0 heterocycles. The van der Waals surface area contributed by atoms with E-state index in [1.54, 1.807) is 38.5 Å². The Hall–Kier alpha value is -3.78. The number of methoxy groups -OCH3 is 1. The van der Waals surface area contributed by atoms with E-state index in [1.165, 1.54) is 36.1 Å². The maximum atomic E-state index is 9.67. The molecule has 0 radical (unpaired) electrons. The third kappa shape index (κ3) is 29.5. The Labute approximate surface area is 257 Å². The molecule has 0 aliphatic heterocycles. The number of benzene rings is 3. The first-order chi connectivity index (χ1) is 20.0. The lowest BCUT2D eigenvalue weighted by atomic mass is 9.84. The molecule has 0 amide bonds. The second kappa shape index (κ2) is 27.1. The van der Waals surface area contributed by atoms with Gasteiger partial charge in [-0.05, 0) is 106 Å². The number of allylic oxidation sites excluding steroid dienone is 1. The Balaban J connectivity index is -0.000000538.